The monoisotopic (exact) mass is 729 g/mol. The minimum Gasteiger partial charge on any atom is -0.287 e. The second-order valence-corrected chi connectivity index (χ2v) is 13.9. The van der Waals surface area contributed by atoms with Crippen molar-refractivity contribution in [2.75, 3.05) is 0 Å². The molecule has 0 aliphatic rings. The van der Waals surface area contributed by atoms with E-state index in [1.807, 2.05) is 12.1 Å². The third kappa shape index (κ3) is 10.4. The van der Waals surface area contributed by atoms with Gasteiger partial charge in [-0.2, -0.15) is 0 Å². The fraction of sp³-hybridized carbons (Fsp3) is 0.279. The molecule has 262 valence electrons. The van der Waals surface area contributed by atoms with Crippen LogP contribution in [-0.4, -0.2) is 16.6 Å². The van der Waals surface area contributed by atoms with Crippen LogP contribution in [0, 0.1) is 0 Å². The minimum absolute atomic E-state index is 0. The van der Waals surface area contributed by atoms with Gasteiger partial charge < -0.3 is 0 Å². The van der Waals surface area contributed by atoms with Crippen molar-refractivity contribution in [1.82, 2.24) is 4.98 Å². The largest absolute Gasteiger partial charge is 0.287 e. The SMILES string of the molecule is CC(C)c1cccc(C(C)C)c1[N]=[Fe]=[N]c1c(C(C)C)cccc1C(C)C.Cl.O=C(c1ccccc1)c1cccc(C(=O)c2ccccc2)n1. The molecule has 4 aromatic carbocycles. The molecule has 1 aromatic heterocycles. The topological polar surface area (TPSA) is 71.8 Å². The molecule has 0 spiro atoms. The van der Waals surface area contributed by atoms with Crippen LogP contribution < -0.4 is 0 Å². The summed E-state index contributed by atoms with van der Waals surface area (Å²) in [5, 5.41) is 0. The summed E-state index contributed by atoms with van der Waals surface area (Å²) in [6.45, 7) is 17.9. The van der Waals surface area contributed by atoms with Gasteiger partial charge in [0.15, 0.2) is 0 Å². The van der Waals surface area contributed by atoms with Crippen molar-refractivity contribution in [2.24, 2.45) is 7.92 Å². The molecule has 7 heteroatoms. The van der Waals surface area contributed by atoms with Crippen LogP contribution in [-0.2, 0) is 14.6 Å². The van der Waals surface area contributed by atoms with Crippen molar-refractivity contribution in [3.63, 3.8) is 0 Å². The van der Waals surface area contributed by atoms with E-state index >= 15 is 0 Å². The van der Waals surface area contributed by atoms with Gasteiger partial charge >= 0.3 is 172 Å². The number of pyridine rings is 1. The van der Waals surface area contributed by atoms with Gasteiger partial charge in [-0.25, -0.2) is 4.98 Å². The summed E-state index contributed by atoms with van der Waals surface area (Å²) in [4.78, 5) is 29.0. The maximum absolute atomic E-state index is 12.4. The van der Waals surface area contributed by atoms with Crippen molar-refractivity contribution in [1.29, 1.82) is 0 Å². The van der Waals surface area contributed by atoms with Crippen LogP contribution in [0.3, 0.4) is 0 Å². The Labute approximate surface area is 310 Å². The number of nitrogens with zero attached hydrogens (tertiary/aromatic N) is 3. The van der Waals surface area contributed by atoms with Crippen molar-refractivity contribution >= 4 is 35.3 Å². The molecule has 0 saturated carbocycles. The van der Waals surface area contributed by atoms with Gasteiger partial charge in [-0.3, -0.25) is 9.59 Å². The van der Waals surface area contributed by atoms with E-state index in [4.69, 9.17) is 7.92 Å². The molecule has 0 saturated heterocycles. The fourth-order valence-corrected chi connectivity index (χ4v) is 6.30. The van der Waals surface area contributed by atoms with Gasteiger partial charge in [-0.1, -0.05) is 66.7 Å². The van der Waals surface area contributed by atoms with E-state index < -0.39 is 0 Å². The minimum atomic E-state index is -0.191. The summed E-state index contributed by atoms with van der Waals surface area (Å²) in [5.41, 5.74) is 9.20. The number of carbonyl (C=O) groups is 2. The maximum Gasteiger partial charge on any atom is 0.211 e. The van der Waals surface area contributed by atoms with Gasteiger partial charge in [-0.15, -0.1) is 12.4 Å². The van der Waals surface area contributed by atoms with Crippen LogP contribution in [0.1, 0.15) is 133 Å². The summed E-state index contributed by atoms with van der Waals surface area (Å²) < 4.78 is 9.96. The Balaban J connectivity index is 0.000000270. The van der Waals surface area contributed by atoms with Crippen LogP contribution in [0.5, 0.6) is 0 Å². The molecule has 1 heterocycles. The smallest absolute Gasteiger partial charge is 0.211 e. The Bertz CT molecular complexity index is 1760. The molecule has 0 fully saturated rings. The molecule has 0 atom stereocenters. The van der Waals surface area contributed by atoms with Crippen LogP contribution in [0.4, 0.5) is 11.4 Å². The first-order valence-electron chi connectivity index (χ1n) is 16.9. The number of carbonyl (C=O) groups excluding carboxylic acids is 2. The zero-order chi connectivity index (χ0) is 35.5. The second-order valence-electron chi connectivity index (χ2n) is 13.2. The molecule has 0 amide bonds. The molecule has 5 rings (SSSR count). The first-order valence-corrected chi connectivity index (χ1v) is 17.9. The summed E-state index contributed by atoms with van der Waals surface area (Å²) in [6, 6.07) is 35.9. The van der Waals surface area contributed by atoms with Gasteiger partial charge in [0.05, 0.1) is 0 Å². The van der Waals surface area contributed by atoms with E-state index in [2.05, 4.69) is 96.8 Å². The average molecular weight is 730 g/mol. The summed E-state index contributed by atoms with van der Waals surface area (Å²) >= 11 is 0.479. The van der Waals surface area contributed by atoms with Gasteiger partial charge in [0.2, 0.25) is 11.6 Å². The van der Waals surface area contributed by atoms with Crippen molar-refractivity contribution < 1.29 is 24.2 Å². The molecule has 50 heavy (non-hydrogen) atoms. The van der Waals surface area contributed by atoms with E-state index in [1.165, 1.54) is 22.3 Å². The van der Waals surface area contributed by atoms with Gasteiger partial charge in [0.1, 0.15) is 11.4 Å². The normalized spacial score (nSPS) is 10.8. The van der Waals surface area contributed by atoms with Crippen molar-refractivity contribution in [3.8, 4) is 0 Å². The van der Waals surface area contributed by atoms with Crippen molar-refractivity contribution in [3.05, 3.63) is 160 Å². The number of rotatable bonds is 10. The molecule has 0 unspecified atom stereocenters. The number of ketones is 2. The van der Waals surface area contributed by atoms with Gasteiger partial charge in [-0.05, 0) is 12.1 Å². The van der Waals surface area contributed by atoms with E-state index in [1.54, 1.807) is 66.7 Å². The number of hydrogen-bond acceptors (Lipinski definition) is 5. The molecule has 0 bridgehead atoms. The number of benzene rings is 4. The van der Waals surface area contributed by atoms with Crippen LogP contribution in [0.2, 0.25) is 0 Å². The maximum atomic E-state index is 12.4. The van der Waals surface area contributed by atoms with Crippen LogP contribution in [0.25, 0.3) is 0 Å². The zero-order valence-corrected chi connectivity index (χ0v) is 32.1. The quantitative estimate of drug-likeness (QED) is 0.106. The first kappa shape index (κ1) is 40.2. The molecular weight excluding hydrogens is 682 g/mol. The Hall–Kier alpha value is -4.22. The predicted octanol–water partition coefficient (Wildman–Crippen LogP) is 12.6. The third-order valence-corrected chi connectivity index (χ3v) is 8.91. The first-order chi connectivity index (χ1) is 23.5. The zero-order valence-electron chi connectivity index (χ0n) is 30.2. The van der Waals surface area contributed by atoms with Crippen LogP contribution in [0.15, 0.2) is 123 Å². The molecule has 5 nitrogen and oxygen atoms in total. The van der Waals surface area contributed by atoms with Gasteiger partial charge in [0, 0.05) is 11.1 Å². The summed E-state index contributed by atoms with van der Waals surface area (Å²) in [7, 11) is 0. The Morgan fingerprint density at radius 2 is 0.760 bits per heavy atom. The number of aromatic nitrogens is 1. The Kier molecular flexibility index (Phi) is 15.5. The Morgan fingerprint density at radius 1 is 0.460 bits per heavy atom. The van der Waals surface area contributed by atoms with E-state index in [0.717, 1.165) is 11.4 Å². The molecular formula is C43H48ClFeN3O2. The average Bonchev–Trinajstić information content (AvgIpc) is 3.11. The van der Waals surface area contributed by atoms with E-state index in [0.29, 0.717) is 49.4 Å². The van der Waals surface area contributed by atoms with Crippen LogP contribution >= 0.6 is 12.4 Å². The van der Waals surface area contributed by atoms with Gasteiger partial charge in [0.25, 0.3) is 0 Å². The standard InChI is InChI=1S/C19H13NO2.2C12H17N.ClH.Fe/c21-18(14-8-3-1-4-9-14)16-12-7-13-17(20-16)19(22)15-10-5-2-6-11-15;2*1-8(2)10-6-5-7-11(9(3)4)12(10)13;;/h1-13H;2*5-9H,1-4H3;1H;. The van der Waals surface area contributed by atoms with E-state index in [-0.39, 0.29) is 35.4 Å². The molecule has 5 aromatic rings. The van der Waals surface area contributed by atoms with Crippen molar-refractivity contribution in [2.45, 2.75) is 79.1 Å². The fourth-order valence-electron chi connectivity index (χ4n) is 5.46. The number of halogens is 1. The Morgan fingerprint density at radius 3 is 1.06 bits per heavy atom. The summed E-state index contributed by atoms with van der Waals surface area (Å²) in [5.74, 6) is 1.44. The third-order valence-electron chi connectivity index (χ3n) is 8.20. The predicted molar refractivity (Wildman–Crippen MR) is 205 cm³/mol. The number of hydrogen-bond donors (Lipinski definition) is 0. The molecule has 0 radical (unpaired) electrons. The molecule has 0 aliphatic heterocycles. The molecule has 0 aliphatic carbocycles. The second kappa shape index (κ2) is 19.2. The summed E-state index contributed by atoms with van der Waals surface area (Å²) in [6.07, 6.45) is 0. The molecule has 0 N–H and O–H groups in total. The van der Waals surface area contributed by atoms with E-state index in [9.17, 15) is 9.59 Å².